The molecule has 1 aromatic rings. The molecule has 0 unspecified atom stereocenters. The van der Waals surface area contributed by atoms with Gasteiger partial charge in [-0.25, -0.2) is 0 Å². The third kappa shape index (κ3) is 4.43. The maximum absolute atomic E-state index is 4.94. The second-order valence-electron chi connectivity index (χ2n) is 2.78. The first-order chi connectivity index (χ1) is 6.43. The molecule has 0 aromatic carbocycles. The number of ether oxygens (including phenoxy) is 1. The lowest BCUT2D eigenvalue weighted by Gasteiger charge is -1.84. The molecule has 0 atom stereocenters. The normalized spacial score (nSPS) is 14.5. The lowest BCUT2D eigenvalue weighted by Crippen LogP contribution is -1.74. The summed E-state index contributed by atoms with van der Waals surface area (Å²) in [6, 6.07) is 5.73. The van der Waals surface area contributed by atoms with E-state index in [1.54, 1.807) is 12.3 Å². The van der Waals surface area contributed by atoms with E-state index in [-0.39, 0.29) is 0 Å². The van der Waals surface area contributed by atoms with Crippen LogP contribution in [-0.4, -0.2) is 18.2 Å². The van der Waals surface area contributed by atoms with Crippen LogP contribution < -0.4 is 0 Å². The van der Waals surface area contributed by atoms with Gasteiger partial charge in [0, 0.05) is 19.4 Å². The smallest absolute Gasteiger partial charge is 0.0623 e. The minimum Gasteiger partial charge on any atom is -0.381 e. The van der Waals surface area contributed by atoms with Crippen LogP contribution in [-0.2, 0) is 4.74 Å². The zero-order valence-corrected chi connectivity index (χ0v) is 7.78. The topological polar surface area (TPSA) is 22.1 Å². The van der Waals surface area contributed by atoms with Crippen molar-refractivity contribution in [1.82, 2.24) is 4.98 Å². The molecule has 2 heterocycles. The lowest BCUT2D eigenvalue weighted by atomic mass is 10.4. The molecule has 2 nitrogen and oxygen atoms in total. The van der Waals surface area contributed by atoms with Gasteiger partial charge in [-0.2, -0.15) is 0 Å². The molecule has 0 N–H and O–H groups in total. The Morgan fingerprint density at radius 2 is 2.08 bits per heavy atom. The number of pyridine rings is 1. The first kappa shape index (κ1) is 9.93. The average Bonchev–Trinajstić information content (AvgIpc) is 2.77. The van der Waals surface area contributed by atoms with E-state index in [9.17, 15) is 0 Å². The maximum Gasteiger partial charge on any atom is 0.0623 e. The number of aromatic nitrogens is 1. The fraction of sp³-hybridized carbons (Fsp3) is 0.364. The van der Waals surface area contributed by atoms with E-state index in [1.165, 1.54) is 12.8 Å². The van der Waals surface area contributed by atoms with Crippen molar-refractivity contribution in [3.8, 4) is 0 Å². The summed E-state index contributed by atoms with van der Waals surface area (Å²) in [4.78, 5) is 3.98. The van der Waals surface area contributed by atoms with Gasteiger partial charge in [-0.15, -0.1) is 0 Å². The molecule has 0 bridgehead atoms. The second kappa shape index (κ2) is 6.38. The summed E-state index contributed by atoms with van der Waals surface area (Å²) >= 11 is 0. The van der Waals surface area contributed by atoms with Crippen LogP contribution in [0, 0.1) is 0 Å². The maximum atomic E-state index is 4.94. The third-order valence-electron chi connectivity index (χ3n) is 1.72. The summed E-state index contributed by atoms with van der Waals surface area (Å²) in [7, 11) is 0. The van der Waals surface area contributed by atoms with E-state index in [0.717, 1.165) is 18.9 Å². The van der Waals surface area contributed by atoms with Crippen molar-refractivity contribution in [3.05, 3.63) is 36.7 Å². The summed E-state index contributed by atoms with van der Waals surface area (Å²) in [6.07, 6.45) is 6.02. The molecular weight excluding hydrogens is 162 g/mol. The van der Waals surface area contributed by atoms with Crippen LogP contribution in [0.5, 0.6) is 0 Å². The Morgan fingerprint density at radius 1 is 1.31 bits per heavy atom. The van der Waals surface area contributed by atoms with Crippen molar-refractivity contribution in [2.45, 2.75) is 12.8 Å². The average molecular weight is 177 g/mol. The van der Waals surface area contributed by atoms with Crippen molar-refractivity contribution < 1.29 is 4.74 Å². The summed E-state index contributed by atoms with van der Waals surface area (Å²) < 4.78 is 4.94. The highest BCUT2D eigenvalue weighted by atomic mass is 16.5. The predicted octanol–water partition coefficient (Wildman–Crippen LogP) is 2.52. The van der Waals surface area contributed by atoms with Gasteiger partial charge in [0.15, 0.2) is 0 Å². The Hall–Kier alpha value is -1.15. The van der Waals surface area contributed by atoms with Crippen LogP contribution in [0.2, 0.25) is 0 Å². The van der Waals surface area contributed by atoms with E-state index < -0.39 is 0 Å². The van der Waals surface area contributed by atoms with Crippen molar-refractivity contribution in [3.63, 3.8) is 0 Å². The SMILES string of the molecule is C1CCOC1.C=Cc1ccccn1. The van der Waals surface area contributed by atoms with Crippen LogP contribution in [0.3, 0.4) is 0 Å². The summed E-state index contributed by atoms with van der Waals surface area (Å²) in [5.74, 6) is 0. The highest BCUT2D eigenvalue weighted by molar-refractivity contribution is 5.40. The molecule has 0 aliphatic carbocycles. The molecule has 1 fully saturated rings. The number of rotatable bonds is 1. The van der Waals surface area contributed by atoms with Crippen molar-refractivity contribution >= 4 is 6.08 Å². The van der Waals surface area contributed by atoms with Crippen LogP contribution in [0.1, 0.15) is 18.5 Å². The highest BCUT2D eigenvalue weighted by Gasteiger charge is 1.94. The molecule has 2 rings (SSSR count). The van der Waals surface area contributed by atoms with Gasteiger partial charge in [-0.1, -0.05) is 12.6 Å². The van der Waals surface area contributed by atoms with Crippen LogP contribution in [0.4, 0.5) is 0 Å². The molecule has 1 saturated heterocycles. The molecule has 0 saturated carbocycles. The van der Waals surface area contributed by atoms with Crippen molar-refractivity contribution in [1.29, 1.82) is 0 Å². The van der Waals surface area contributed by atoms with Gasteiger partial charge in [-0.05, 0) is 31.1 Å². The molecule has 1 aromatic heterocycles. The summed E-state index contributed by atoms with van der Waals surface area (Å²) in [5, 5.41) is 0. The van der Waals surface area contributed by atoms with E-state index in [2.05, 4.69) is 11.6 Å². The number of nitrogens with zero attached hydrogens (tertiary/aromatic N) is 1. The molecule has 0 amide bonds. The number of hydrogen-bond donors (Lipinski definition) is 0. The Balaban J connectivity index is 0.000000145. The molecule has 0 spiro atoms. The zero-order valence-electron chi connectivity index (χ0n) is 7.78. The van der Waals surface area contributed by atoms with Crippen LogP contribution >= 0.6 is 0 Å². The Bertz CT molecular complexity index is 221. The molecule has 1 aliphatic rings. The highest BCUT2D eigenvalue weighted by Crippen LogP contribution is 1.98. The van der Waals surface area contributed by atoms with Crippen LogP contribution in [0.15, 0.2) is 31.0 Å². The summed E-state index contributed by atoms with van der Waals surface area (Å²) in [5.41, 5.74) is 0.924. The Kier molecular flexibility index (Phi) is 4.87. The fourth-order valence-electron chi connectivity index (χ4n) is 1.01. The molecule has 1 aliphatic heterocycles. The standard InChI is InChI=1S/C7H7N.C4H8O/c1-2-7-5-3-4-6-8-7;1-2-4-5-3-1/h2-6H,1H2;1-4H2. The fourth-order valence-corrected chi connectivity index (χ4v) is 1.01. The first-order valence-electron chi connectivity index (χ1n) is 4.54. The monoisotopic (exact) mass is 177 g/mol. The van der Waals surface area contributed by atoms with Gasteiger partial charge in [0.1, 0.15) is 0 Å². The van der Waals surface area contributed by atoms with E-state index in [4.69, 9.17) is 4.74 Å². The molecular formula is C11H15NO. The largest absolute Gasteiger partial charge is 0.381 e. The van der Waals surface area contributed by atoms with E-state index in [1.807, 2.05) is 18.2 Å². The molecule has 0 radical (unpaired) electrons. The third-order valence-corrected chi connectivity index (χ3v) is 1.72. The Morgan fingerprint density at radius 3 is 2.38 bits per heavy atom. The molecule has 70 valence electrons. The lowest BCUT2D eigenvalue weighted by molar-refractivity contribution is 0.198. The summed E-state index contributed by atoms with van der Waals surface area (Å²) in [6.45, 7) is 5.57. The van der Waals surface area contributed by atoms with Gasteiger partial charge in [0.05, 0.1) is 5.69 Å². The van der Waals surface area contributed by atoms with Crippen molar-refractivity contribution in [2.75, 3.05) is 13.2 Å². The van der Waals surface area contributed by atoms with Gasteiger partial charge in [-0.3, -0.25) is 4.98 Å². The minimum atomic E-state index is 0.924. The van der Waals surface area contributed by atoms with Crippen molar-refractivity contribution in [2.24, 2.45) is 0 Å². The zero-order chi connectivity index (χ0) is 9.36. The second-order valence-corrected chi connectivity index (χ2v) is 2.78. The predicted molar refractivity (Wildman–Crippen MR) is 54.4 cm³/mol. The number of hydrogen-bond acceptors (Lipinski definition) is 2. The first-order valence-corrected chi connectivity index (χ1v) is 4.54. The Labute approximate surface area is 79.3 Å². The quantitative estimate of drug-likeness (QED) is 0.657. The molecule has 2 heteroatoms. The molecule has 13 heavy (non-hydrogen) atoms. The van der Waals surface area contributed by atoms with E-state index >= 15 is 0 Å². The van der Waals surface area contributed by atoms with Gasteiger partial charge < -0.3 is 4.74 Å². The van der Waals surface area contributed by atoms with E-state index in [0.29, 0.717) is 0 Å². The van der Waals surface area contributed by atoms with Gasteiger partial charge >= 0.3 is 0 Å². The van der Waals surface area contributed by atoms with Crippen LogP contribution in [0.25, 0.3) is 6.08 Å². The minimum absolute atomic E-state index is 0.924. The van der Waals surface area contributed by atoms with Gasteiger partial charge in [0.2, 0.25) is 0 Å². The van der Waals surface area contributed by atoms with Gasteiger partial charge in [0.25, 0.3) is 0 Å².